The average Bonchev–Trinajstić information content (AvgIpc) is 2.29. The molecular formula is C13H19N3O4. The van der Waals surface area contributed by atoms with Crippen molar-refractivity contribution in [2.75, 3.05) is 11.9 Å². The molecule has 1 rings (SSSR count). The molecule has 110 valence electrons. The van der Waals surface area contributed by atoms with Crippen LogP contribution in [0.3, 0.4) is 0 Å². The van der Waals surface area contributed by atoms with Crippen molar-refractivity contribution < 1.29 is 14.8 Å². The Bertz CT molecular complexity index is 509. The molecule has 7 nitrogen and oxygen atoms in total. The number of nitro groups is 1. The summed E-state index contributed by atoms with van der Waals surface area (Å²) in [6.07, 6.45) is 0.244. The molecule has 0 aromatic heterocycles. The number of rotatable bonds is 5. The average molecular weight is 281 g/mol. The molecule has 0 aliphatic heterocycles. The van der Waals surface area contributed by atoms with Gasteiger partial charge in [0, 0.05) is 24.6 Å². The van der Waals surface area contributed by atoms with Crippen molar-refractivity contribution in [3.8, 4) is 5.75 Å². The van der Waals surface area contributed by atoms with E-state index in [1.807, 2.05) is 20.8 Å². The molecule has 1 aromatic rings. The number of carbonyl (C=O) groups excluding carboxylic acids is 1. The number of phenols is 1. The zero-order valence-corrected chi connectivity index (χ0v) is 11.8. The highest BCUT2D eigenvalue weighted by Crippen LogP contribution is 2.27. The molecular weight excluding hydrogens is 262 g/mol. The monoisotopic (exact) mass is 281 g/mol. The van der Waals surface area contributed by atoms with Crippen LogP contribution in [0.25, 0.3) is 0 Å². The van der Waals surface area contributed by atoms with Crippen molar-refractivity contribution >= 4 is 17.3 Å². The third kappa shape index (κ3) is 5.23. The Morgan fingerprint density at radius 2 is 2.05 bits per heavy atom. The van der Waals surface area contributed by atoms with E-state index in [0.29, 0.717) is 6.54 Å². The topological polar surface area (TPSA) is 104 Å². The first-order chi connectivity index (χ1) is 9.19. The third-order valence-electron chi connectivity index (χ3n) is 2.47. The molecule has 0 fully saturated rings. The molecule has 0 aliphatic rings. The van der Waals surface area contributed by atoms with E-state index in [1.165, 1.54) is 12.1 Å². The number of carbonyl (C=O) groups is 1. The summed E-state index contributed by atoms with van der Waals surface area (Å²) in [4.78, 5) is 21.6. The first-order valence-electron chi connectivity index (χ1n) is 6.21. The number of hydrogen-bond acceptors (Lipinski definition) is 5. The number of anilines is 1. The number of amides is 1. The number of phenolic OH excluding ortho intramolecular Hbond substituents is 1. The lowest BCUT2D eigenvalue weighted by Crippen LogP contribution is -2.37. The minimum absolute atomic E-state index is 0.0736. The van der Waals surface area contributed by atoms with E-state index < -0.39 is 4.92 Å². The van der Waals surface area contributed by atoms with Crippen LogP contribution in [-0.2, 0) is 4.79 Å². The normalized spacial score (nSPS) is 11.2. The largest absolute Gasteiger partial charge is 0.506 e. The number of aromatic hydroxyl groups is 1. The maximum absolute atomic E-state index is 11.7. The third-order valence-corrected chi connectivity index (χ3v) is 2.47. The summed E-state index contributed by atoms with van der Waals surface area (Å²) >= 11 is 0. The number of non-ortho nitro benzene ring substituents is 1. The molecule has 3 N–H and O–H groups in total. The van der Waals surface area contributed by atoms with Crippen molar-refractivity contribution in [1.29, 1.82) is 0 Å². The minimum atomic E-state index is -0.613. The van der Waals surface area contributed by atoms with Gasteiger partial charge in [0.25, 0.3) is 5.69 Å². The van der Waals surface area contributed by atoms with Crippen molar-refractivity contribution in [2.24, 2.45) is 0 Å². The second kappa shape index (κ2) is 6.33. The van der Waals surface area contributed by atoms with Crippen LogP contribution in [0.1, 0.15) is 27.2 Å². The summed E-state index contributed by atoms with van der Waals surface area (Å²) in [5, 5.41) is 25.8. The van der Waals surface area contributed by atoms with Crippen molar-refractivity contribution in [1.82, 2.24) is 5.32 Å². The van der Waals surface area contributed by atoms with Gasteiger partial charge in [0.1, 0.15) is 5.75 Å². The van der Waals surface area contributed by atoms with Gasteiger partial charge in [0.2, 0.25) is 5.91 Å². The first kappa shape index (κ1) is 15.9. The zero-order chi connectivity index (χ0) is 15.3. The minimum Gasteiger partial charge on any atom is -0.506 e. The van der Waals surface area contributed by atoms with Crippen molar-refractivity contribution in [3.63, 3.8) is 0 Å². The highest BCUT2D eigenvalue weighted by atomic mass is 16.6. The highest BCUT2D eigenvalue weighted by Gasteiger charge is 2.13. The second-order valence-corrected chi connectivity index (χ2v) is 5.43. The van der Waals surface area contributed by atoms with E-state index in [4.69, 9.17) is 0 Å². The summed E-state index contributed by atoms with van der Waals surface area (Å²) in [7, 11) is 0. The van der Waals surface area contributed by atoms with E-state index >= 15 is 0 Å². The van der Waals surface area contributed by atoms with E-state index in [1.54, 1.807) is 0 Å². The van der Waals surface area contributed by atoms with Crippen LogP contribution >= 0.6 is 0 Å². The molecule has 0 unspecified atom stereocenters. The van der Waals surface area contributed by atoms with Gasteiger partial charge in [0.05, 0.1) is 16.7 Å². The first-order valence-corrected chi connectivity index (χ1v) is 6.21. The van der Waals surface area contributed by atoms with Gasteiger partial charge < -0.3 is 15.7 Å². The van der Waals surface area contributed by atoms with E-state index in [9.17, 15) is 20.0 Å². The molecule has 0 saturated heterocycles. The summed E-state index contributed by atoms with van der Waals surface area (Å²) < 4.78 is 0. The fourth-order valence-corrected chi connectivity index (χ4v) is 1.50. The number of benzene rings is 1. The lowest BCUT2D eigenvalue weighted by molar-refractivity contribution is -0.384. The Morgan fingerprint density at radius 1 is 1.40 bits per heavy atom. The van der Waals surface area contributed by atoms with Crippen LogP contribution in [0.5, 0.6) is 5.75 Å². The molecule has 0 heterocycles. The van der Waals surface area contributed by atoms with Gasteiger partial charge in [-0.2, -0.15) is 0 Å². The lowest BCUT2D eigenvalue weighted by Gasteiger charge is -2.20. The van der Waals surface area contributed by atoms with Gasteiger partial charge >= 0.3 is 0 Å². The van der Waals surface area contributed by atoms with E-state index in [-0.39, 0.29) is 35.0 Å². The quantitative estimate of drug-likeness (QED) is 0.435. The molecule has 0 atom stereocenters. The summed E-state index contributed by atoms with van der Waals surface area (Å²) in [6.45, 7) is 6.48. The lowest BCUT2D eigenvalue weighted by atomic mass is 10.1. The van der Waals surface area contributed by atoms with Gasteiger partial charge in [-0.3, -0.25) is 14.9 Å². The maximum Gasteiger partial charge on any atom is 0.273 e. The molecule has 1 amide bonds. The molecule has 1 aromatic carbocycles. The summed E-state index contributed by atoms with van der Waals surface area (Å²) in [6, 6.07) is 3.54. The molecule has 0 bridgehead atoms. The zero-order valence-electron chi connectivity index (χ0n) is 11.8. The fourth-order valence-electron chi connectivity index (χ4n) is 1.50. The maximum atomic E-state index is 11.7. The fraction of sp³-hybridized carbons (Fsp3) is 0.462. The van der Waals surface area contributed by atoms with Crippen LogP contribution in [0.2, 0.25) is 0 Å². The van der Waals surface area contributed by atoms with Crippen LogP contribution in [-0.4, -0.2) is 28.0 Å². The molecule has 0 aliphatic carbocycles. The Kier molecular flexibility index (Phi) is 5.04. The van der Waals surface area contributed by atoms with Crippen LogP contribution < -0.4 is 10.6 Å². The second-order valence-electron chi connectivity index (χ2n) is 5.43. The molecule has 0 spiro atoms. The van der Waals surface area contributed by atoms with E-state index in [0.717, 1.165) is 6.07 Å². The molecule has 7 heteroatoms. The molecule has 0 radical (unpaired) electrons. The predicted octanol–water partition coefficient (Wildman–Crippen LogP) is 2.02. The van der Waals surface area contributed by atoms with Gasteiger partial charge in [-0.05, 0) is 26.8 Å². The van der Waals surface area contributed by atoms with Crippen LogP contribution in [0.15, 0.2) is 18.2 Å². The Hall–Kier alpha value is -2.15. The number of nitrogens with one attached hydrogen (secondary N) is 2. The van der Waals surface area contributed by atoms with Gasteiger partial charge in [-0.25, -0.2) is 0 Å². The van der Waals surface area contributed by atoms with Crippen molar-refractivity contribution in [2.45, 2.75) is 32.7 Å². The Balaban J connectivity index is 2.56. The standard InChI is InChI=1S/C13H19N3O4/c1-13(2,3)14-7-6-12(18)15-10-5-4-9(16(19)20)8-11(10)17/h4-5,8,14,17H,6-7H2,1-3H3,(H,15,18). The van der Waals surface area contributed by atoms with Gasteiger partial charge in [-0.1, -0.05) is 0 Å². The van der Waals surface area contributed by atoms with Crippen LogP contribution in [0.4, 0.5) is 11.4 Å². The number of nitrogens with zero attached hydrogens (tertiary/aromatic N) is 1. The predicted molar refractivity (Wildman–Crippen MR) is 75.8 cm³/mol. The Morgan fingerprint density at radius 3 is 2.55 bits per heavy atom. The molecule has 0 saturated carbocycles. The SMILES string of the molecule is CC(C)(C)NCCC(=O)Nc1ccc([N+](=O)[O-])cc1O. The summed E-state index contributed by atoms with van der Waals surface area (Å²) in [5.74, 6) is -0.595. The van der Waals surface area contributed by atoms with E-state index in [2.05, 4.69) is 10.6 Å². The van der Waals surface area contributed by atoms with Crippen LogP contribution in [0, 0.1) is 10.1 Å². The van der Waals surface area contributed by atoms with Gasteiger partial charge in [0.15, 0.2) is 0 Å². The molecule has 20 heavy (non-hydrogen) atoms. The number of nitro benzene ring substituents is 1. The Labute approximate surface area is 117 Å². The van der Waals surface area contributed by atoms with Crippen molar-refractivity contribution in [3.05, 3.63) is 28.3 Å². The van der Waals surface area contributed by atoms with Gasteiger partial charge in [-0.15, -0.1) is 0 Å². The summed E-state index contributed by atoms with van der Waals surface area (Å²) in [5.41, 5.74) is -0.137. The smallest absolute Gasteiger partial charge is 0.273 e. The highest BCUT2D eigenvalue weighted by molar-refractivity contribution is 5.92. The number of hydrogen-bond donors (Lipinski definition) is 3.